The highest BCUT2D eigenvalue weighted by molar-refractivity contribution is 6.30. The van der Waals surface area contributed by atoms with Crippen LogP contribution in [0, 0.1) is 16.2 Å². The number of urea groups is 1. The summed E-state index contributed by atoms with van der Waals surface area (Å²) in [4.78, 5) is 53.9. The molecule has 2 unspecified atom stereocenters. The van der Waals surface area contributed by atoms with Crippen molar-refractivity contribution in [3.8, 4) is 5.69 Å². The number of hydrogen-bond donors (Lipinski definition) is 3. The van der Waals surface area contributed by atoms with Crippen molar-refractivity contribution >= 4 is 46.9 Å². The van der Waals surface area contributed by atoms with Gasteiger partial charge >= 0.3 is 12.0 Å². The zero-order valence-electron chi connectivity index (χ0n) is 25.8. The van der Waals surface area contributed by atoms with Crippen LogP contribution in [0.3, 0.4) is 0 Å². The Morgan fingerprint density at radius 1 is 0.932 bits per heavy atom. The van der Waals surface area contributed by atoms with E-state index < -0.39 is 28.2 Å². The third-order valence-corrected chi connectivity index (χ3v) is 8.95. The second kappa shape index (κ2) is 10.8. The van der Waals surface area contributed by atoms with Gasteiger partial charge in [-0.05, 0) is 68.1 Å². The highest BCUT2D eigenvalue weighted by Gasteiger charge is 2.63. The molecule has 1 aromatic heterocycles. The molecule has 1 aliphatic heterocycles. The number of aromatic nitrogens is 2. The minimum Gasteiger partial charge on any atom is -0.481 e. The van der Waals surface area contributed by atoms with Crippen LogP contribution < -0.4 is 10.6 Å². The molecule has 1 saturated carbocycles. The minimum absolute atomic E-state index is 0.0354. The standard InChI is InChI=1S/C33H38ClN5O5/c1-30(2,3)24-15-25(36-29(44)35-22-12-10-21(34)11-13-22)39(37-24)23-9-7-8-20(14-23)16-38-26(40)31(4)17-32(5,27(38)41)19-33(6,18-31)28(42)43/h7-15H,16-19H2,1-6H3,(H,42,43)(H2,35,36,44). The lowest BCUT2D eigenvalue weighted by Crippen LogP contribution is -2.63. The highest BCUT2D eigenvalue weighted by Crippen LogP contribution is 2.58. The van der Waals surface area contributed by atoms with Gasteiger partial charge in [0.15, 0.2) is 0 Å². The van der Waals surface area contributed by atoms with Gasteiger partial charge in [0.25, 0.3) is 0 Å². The zero-order valence-corrected chi connectivity index (χ0v) is 26.6. The largest absolute Gasteiger partial charge is 0.481 e. The average Bonchev–Trinajstić information content (AvgIpc) is 3.35. The molecule has 3 N–H and O–H groups in total. The first kappa shape index (κ1) is 31.3. The first-order valence-electron chi connectivity index (χ1n) is 14.6. The van der Waals surface area contributed by atoms with Crippen molar-refractivity contribution < 1.29 is 24.3 Å². The van der Waals surface area contributed by atoms with Gasteiger partial charge in [-0.15, -0.1) is 0 Å². The Kier molecular flexibility index (Phi) is 7.65. The molecule has 11 heteroatoms. The molecule has 2 fully saturated rings. The number of hydrogen-bond acceptors (Lipinski definition) is 5. The molecule has 2 aromatic carbocycles. The van der Waals surface area contributed by atoms with Crippen LogP contribution in [0.5, 0.6) is 0 Å². The lowest BCUT2D eigenvalue weighted by molar-refractivity contribution is -0.184. The van der Waals surface area contributed by atoms with Crippen molar-refractivity contribution in [1.29, 1.82) is 0 Å². The number of likely N-dealkylation sites (tertiary alicyclic amines) is 1. The molecule has 44 heavy (non-hydrogen) atoms. The number of anilines is 2. The van der Waals surface area contributed by atoms with E-state index in [-0.39, 0.29) is 36.6 Å². The van der Waals surface area contributed by atoms with E-state index in [4.69, 9.17) is 16.7 Å². The van der Waals surface area contributed by atoms with Crippen LogP contribution in [0.1, 0.15) is 72.1 Å². The number of carbonyl (C=O) groups is 4. The third-order valence-electron chi connectivity index (χ3n) is 8.70. The van der Waals surface area contributed by atoms with E-state index >= 15 is 0 Å². The molecule has 0 spiro atoms. The fraction of sp³-hybridized carbons (Fsp3) is 0.424. The van der Waals surface area contributed by atoms with Gasteiger partial charge < -0.3 is 10.4 Å². The van der Waals surface area contributed by atoms with Gasteiger partial charge in [0.2, 0.25) is 11.8 Å². The van der Waals surface area contributed by atoms with Gasteiger partial charge in [-0.3, -0.25) is 24.6 Å². The molecule has 10 nitrogen and oxygen atoms in total. The van der Waals surface area contributed by atoms with E-state index in [0.29, 0.717) is 34.2 Å². The van der Waals surface area contributed by atoms with Gasteiger partial charge in [-0.25, -0.2) is 9.48 Å². The molecule has 5 rings (SSSR count). The zero-order chi connectivity index (χ0) is 32.2. The summed E-state index contributed by atoms with van der Waals surface area (Å²) in [7, 11) is 0. The summed E-state index contributed by atoms with van der Waals surface area (Å²) < 4.78 is 1.63. The SMILES string of the molecule is CC1(C(=O)O)CC2(C)CC(C)(C1)C(=O)N(Cc1cccc(-n3nc(C(C)(C)C)cc3NC(=O)Nc3ccc(Cl)cc3)c1)C2=O. The summed E-state index contributed by atoms with van der Waals surface area (Å²) in [5.74, 6) is -1.26. The van der Waals surface area contributed by atoms with E-state index in [9.17, 15) is 24.3 Å². The number of carboxylic acid groups (broad SMARTS) is 1. The minimum atomic E-state index is -1.16. The van der Waals surface area contributed by atoms with E-state index in [0.717, 1.165) is 5.69 Å². The predicted molar refractivity (Wildman–Crippen MR) is 168 cm³/mol. The number of carbonyl (C=O) groups excluding carboxylic acids is 3. The van der Waals surface area contributed by atoms with Crippen LogP contribution in [-0.2, 0) is 26.3 Å². The molecule has 2 heterocycles. The van der Waals surface area contributed by atoms with Gasteiger partial charge in [-0.2, -0.15) is 5.10 Å². The molecule has 4 amide bonds. The van der Waals surface area contributed by atoms with Crippen LogP contribution in [0.25, 0.3) is 5.69 Å². The normalized spacial score (nSPS) is 25.1. The molecule has 2 bridgehead atoms. The van der Waals surface area contributed by atoms with Crippen molar-refractivity contribution in [1.82, 2.24) is 14.7 Å². The number of nitrogens with one attached hydrogen (secondary N) is 2. The number of halogens is 1. The van der Waals surface area contributed by atoms with Gasteiger partial charge in [0, 0.05) is 33.0 Å². The van der Waals surface area contributed by atoms with Crippen molar-refractivity contribution in [3.63, 3.8) is 0 Å². The highest BCUT2D eigenvalue weighted by atomic mass is 35.5. The summed E-state index contributed by atoms with van der Waals surface area (Å²) in [6.45, 7) is 11.3. The number of imide groups is 1. The number of amides is 4. The van der Waals surface area contributed by atoms with Crippen LogP contribution in [0.2, 0.25) is 5.02 Å². The first-order chi connectivity index (χ1) is 20.4. The Labute approximate surface area is 261 Å². The summed E-state index contributed by atoms with van der Waals surface area (Å²) in [5, 5.41) is 21.0. The first-order valence-corrected chi connectivity index (χ1v) is 14.9. The maximum atomic E-state index is 13.8. The summed E-state index contributed by atoms with van der Waals surface area (Å²) in [6.07, 6.45) is 0.667. The number of benzene rings is 2. The Bertz CT molecular complexity index is 1630. The number of aliphatic carboxylic acids is 1. The van der Waals surface area contributed by atoms with Gasteiger partial charge in [0.1, 0.15) is 5.82 Å². The molecular formula is C33H38ClN5O5. The second-order valence-electron chi connectivity index (χ2n) is 14.0. The third kappa shape index (κ3) is 5.83. The molecule has 1 saturated heterocycles. The van der Waals surface area contributed by atoms with E-state index in [1.54, 1.807) is 49.7 Å². The van der Waals surface area contributed by atoms with Crippen molar-refractivity contribution in [3.05, 3.63) is 70.9 Å². The van der Waals surface area contributed by atoms with Crippen LogP contribution in [0.15, 0.2) is 54.6 Å². The quantitative estimate of drug-likeness (QED) is 0.265. The Morgan fingerprint density at radius 2 is 1.55 bits per heavy atom. The Hall–Kier alpha value is -4.18. The van der Waals surface area contributed by atoms with E-state index in [2.05, 4.69) is 10.6 Å². The maximum Gasteiger partial charge on any atom is 0.324 e. The van der Waals surface area contributed by atoms with Crippen LogP contribution in [-0.4, -0.2) is 43.6 Å². The maximum absolute atomic E-state index is 13.8. The summed E-state index contributed by atoms with van der Waals surface area (Å²) in [5.41, 5.74) is -0.759. The summed E-state index contributed by atoms with van der Waals surface area (Å²) in [6, 6.07) is 15.4. The molecule has 3 aromatic rings. The molecular weight excluding hydrogens is 582 g/mol. The number of nitrogens with zero attached hydrogens (tertiary/aromatic N) is 3. The molecule has 1 aliphatic carbocycles. The smallest absolute Gasteiger partial charge is 0.324 e. The van der Waals surface area contributed by atoms with E-state index in [1.165, 1.54) is 4.90 Å². The Balaban J connectivity index is 1.43. The molecule has 0 radical (unpaired) electrons. The average molecular weight is 620 g/mol. The number of fused-ring (bicyclic) bond motifs is 2. The predicted octanol–water partition coefficient (Wildman–Crippen LogP) is 6.62. The monoisotopic (exact) mass is 619 g/mol. The molecule has 2 aliphatic rings. The fourth-order valence-electron chi connectivity index (χ4n) is 6.93. The number of rotatable bonds is 6. The van der Waals surface area contributed by atoms with Crippen LogP contribution >= 0.6 is 11.6 Å². The fourth-order valence-corrected chi connectivity index (χ4v) is 7.05. The van der Waals surface area contributed by atoms with Gasteiger partial charge in [-0.1, -0.05) is 58.4 Å². The molecule has 2 atom stereocenters. The summed E-state index contributed by atoms with van der Waals surface area (Å²) >= 11 is 5.96. The number of carboxylic acids is 1. The van der Waals surface area contributed by atoms with Gasteiger partial charge in [0.05, 0.1) is 23.3 Å². The van der Waals surface area contributed by atoms with E-state index in [1.807, 2.05) is 51.1 Å². The van der Waals surface area contributed by atoms with Crippen molar-refractivity contribution in [2.75, 3.05) is 10.6 Å². The second-order valence-corrected chi connectivity index (χ2v) is 14.5. The van der Waals surface area contributed by atoms with Crippen molar-refractivity contribution in [2.45, 2.75) is 72.8 Å². The number of piperidine rings is 1. The lowest BCUT2D eigenvalue weighted by atomic mass is 9.52. The Morgan fingerprint density at radius 3 is 2.11 bits per heavy atom. The topological polar surface area (TPSA) is 134 Å². The van der Waals surface area contributed by atoms with Crippen LogP contribution in [0.4, 0.5) is 16.3 Å². The van der Waals surface area contributed by atoms with Crippen molar-refractivity contribution in [2.24, 2.45) is 16.2 Å². The molecule has 232 valence electrons. The lowest BCUT2D eigenvalue weighted by Gasteiger charge is -2.55.